The summed E-state index contributed by atoms with van der Waals surface area (Å²) >= 11 is 2.29. The monoisotopic (exact) mass is 291 g/mol. The van der Waals surface area contributed by atoms with Gasteiger partial charge in [-0.1, -0.05) is 12.1 Å². The molecule has 0 radical (unpaired) electrons. The molecule has 72 valence electrons. The number of hydrogen-bond acceptors (Lipinski definition) is 2. The molecule has 13 heavy (non-hydrogen) atoms. The van der Waals surface area contributed by atoms with Gasteiger partial charge in [0.05, 0.1) is 6.61 Å². The number of halogens is 1. The molecule has 0 aliphatic heterocycles. The molecule has 1 aromatic carbocycles. The molecule has 2 N–H and O–H groups in total. The van der Waals surface area contributed by atoms with Crippen molar-refractivity contribution in [3.63, 3.8) is 0 Å². The molecule has 1 rings (SSSR count). The highest BCUT2D eigenvalue weighted by molar-refractivity contribution is 14.1. The van der Waals surface area contributed by atoms with Gasteiger partial charge in [0, 0.05) is 16.7 Å². The summed E-state index contributed by atoms with van der Waals surface area (Å²) in [6, 6.07) is 8.50. The van der Waals surface area contributed by atoms with E-state index in [0.29, 0.717) is 6.61 Å². The molecular weight excluding hydrogens is 277 g/mol. The number of nitrogens with two attached hydrogens (primary N) is 1. The van der Waals surface area contributed by atoms with E-state index in [0.717, 1.165) is 6.42 Å². The first-order valence-electron chi connectivity index (χ1n) is 4.21. The van der Waals surface area contributed by atoms with Crippen LogP contribution in [-0.4, -0.2) is 19.8 Å². The predicted molar refractivity (Wildman–Crippen MR) is 62.7 cm³/mol. The lowest BCUT2D eigenvalue weighted by Gasteiger charge is -2.09. The molecule has 1 unspecified atom stereocenters. The van der Waals surface area contributed by atoms with E-state index in [-0.39, 0.29) is 6.04 Å². The van der Waals surface area contributed by atoms with Gasteiger partial charge >= 0.3 is 0 Å². The average molecular weight is 291 g/mol. The Morgan fingerprint density at radius 3 is 2.54 bits per heavy atom. The summed E-state index contributed by atoms with van der Waals surface area (Å²) in [4.78, 5) is 0. The third-order valence-electron chi connectivity index (χ3n) is 1.79. The highest BCUT2D eigenvalue weighted by Crippen LogP contribution is 2.08. The number of methoxy groups -OCH3 is 1. The molecule has 0 bridgehead atoms. The largest absolute Gasteiger partial charge is 0.383 e. The summed E-state index contributed by atoms with van der Waals surface area (Å²) in [5, 5.41) is 0. The summed E-state index contributed by atoms with van der Waals surface area (Å²) < 4.78 is 6.22. The third-order valence-corrected chi connectivity index (χ3v) is 2.51. The van der Waals surface area contributed by atoms with Crippen LogP contribution in [0.2, 0.25) is 0 Å². The fourth-order valence-electron chi connectivity index (χ4n) is 1.20. The molecule has 0 spiro atoms. The van der Waals surface area contributed by atoms with Crippen LogP contribution < -0.4 is 5.73 Å². The quantitative estimate of drug-likeness (QED) is 0.859. The maximum absolute atomic E-state index is 5.83. The van der Waals surface area contributed by atoms with E-state index in [1.807, 2.05) is 0 Å². The van der Waals surface area contributed by atoms with E-state index in [1.165, 1.54) is 9.13 Å². The lowest BCUT2D eigenvalue weighted by Crippen LogP contribution is -2.27. The number of hydrogen-bond donors (Lipinski definition) is 1. The van der Waals surface area contributed by atoms with Gasteiger partial charge in [-0.15, -0.1) is 0 Å². The fourth-order valence-corrected chi connectivity index (χ4v) is 1.56. The van der Waals surface area contributed by atoms with Crippen molar-refractivity contribution in [3.8, 4) is 0 Å². The van der Waals surface area contributed by atoms with Gasteiger partial charge < -0.3 is 10.5 Å². The Morgan fingerprint density at radius 2 is 2.00 bits per heavy atom. The summed E-state index contributed by atoms with van der Waals surface area (Å²) in [6.07, 6.45) is 0.880. The molecule has 0 saturated carbocycles. The zero-order chi connectivity index (χ0) is 9.68. The van der Waals surface area contributed by atoms with E-state index in [9.17, 15) is 0 Å². The normalized spacial score (nSPS) is 12.8. The van der Waals surface area contributed by atoms with Gasteiger partial charge in [-0.05, 0) is 46.7 Å². The topological polar surface area (TPSA) is 35.2 Å². The lowest BCUT2D eigenvalue weighted by molar-refractivity contribution is 0.180. The molecule has 1 aromatic rings. The van der Waals surface area contributed by atoms with Crippen molar-refractivity contribution in [1.29, 1.82) is 0 Å². The second-order valence-corrected chi connectivity index (χ2v) is 4.29. The van der Waals surface area contributed by atoms with Crippen molar-refractivity contribution in [3.05, 3.63) is 33.4 Å². The van der Waals surface area contributed by atoms with E-state index >= 15 is 0 Å². The molecule has 0 saturated heterocycles. The summed E-state index contributed by atoms with van der Waals surface area (Å²) in [7, 11) is 1.67. The standard InChI is InChI=1S/C10H14INO/c1-13-7-10(12)6-8-2-4-9(11)5-3-8/h2-5,10H,6-7,12H2,1H3. The molecule has 0 amide bonds. The number of ether oxygens (including phenoxy) is 1. The van der Waals surface area contributed by atoms with Crippen LogP contribution >= 0.6 is 22.6 Å². The minimum atomic E-state index is 0.102. The van der Waals surface area contributed by atoms with Crippen LogP contribution in [0.1, 0.15) is 5.56 Å². The third kappa shape index (κ3) is 4.06. The Morgan fingerprint density at radius 1 is 1.38 bits per heavy atom. The van der Waals surface area contributed by atoms with Crippen LogP contribution in [0, 0.1) is 3.57 Å². The van der Waals surface area contributed by atoms with Crippen LogP contribution in [0.4, 0.5) is 0 Å². The van der Waals surface area contributed by atoms with Crippen molar-refractivity contribution in [2.75, 3.05) is 13.7 Å². The Kier molecular flexibility index (Phi) is 4.69. The van der Waals surface area contributed by atoms with Crippen molar-refractivity contribution in [1.82, 2.24) is 0 Å². The summed E-state index contributed by atoms with van der Waals surface area (Å²) in [5.41, 5.74) is 7.10. The van der Waals surface area contributed by atoms with Gasteiger partial charge in [-0.3, -0.25) is 0 Å². The van der Waals surface area contributed by atoms with Gasteiger partial charge in [0.1, 0.15) is 0 Å². The van der Waals surface area contributed by atoms with E-state index in [1.54, 1.807) is 7.11 Å². The van der Waals surface area contributed by atoms with E-state index in [2.05, 4.69) is 46.9 Å². The molecule has 2 nitrogen and oxygen atoms in total. The van der Waals surface area contributed by atoms with Crippen molar-refractivity contribution in [2.45, 2.75) is 12.5 Å². The molecule has 0 aliphatic carbocycles. The molecular formula is C10H14INO. The van der Waals surface area contributed by atoms with Crippen LogP contribution in [0.15, 0.2) is 24.3 Å². The zero-order valence-electron chi connectivity index (χ0n) is 7.66. The van der Waals surface area contributed by atoms with E-state index < -0.39 is 0 Å². The van der Waals surface area contributed by atoms with Crippen LogP contribution in [-0.2, 0) is 11.2 Å². The van der Waals surface area contributed by atoms with Crippen LogP contribution in [0.5, 0.6) is 0 Å². The van der Waals surface area contributed by atoms with Crippen molar-refractivity contribution < 1.29 is 4.74 Å². The van der Waals surface area contributed by atoms with Gasteiger partial charge in [0.25, 0.3) is 0 Å². The first kappa shape index (κ1) is 10.9. The first-order chi connectivity index (χ1) is 6.22. The molecule has 3 heteroatoms. The van der Waals surface area contributed by atoms with Gasteiger partial charge in [-0.25, -0.2) is 0 Å². The SMILES string of the molecule is COCC(N)Cc1ccc(I)cc1. The molecule has 0 fully saturated rings. The summed E-state index contributed by atoms with van der Waals surface area (Å²) in [6.45, 7) is 0.617. The second-order valence-electron chi connectivity index (χ2n) is 3.05. The Hall–Kier alpha value is -0.130. The number of benzene rings is 1. The molecule has 0 aromatic heterocycles. The second kappa shape index (κ2) is 5.57. The van der Waals surface area contributed by atoms with Gasteiger partial charge in [-0.2, -0.15) is 0 Å². The van der Waals surface area contributed by atoms with Crippen molar-refractivity contribution in [2.24, 2.45) is 5.73 Å². The van der Waals surface area contributed by atoms with Crippen LogP contribution in [0.3, 0.4) is 0 Å². The Balaban J connectivity index is 2.49. The average Bonchev–Trinajstić information content (AvgIpc) is 2.09. The van der Waals surface area contributed by atoms with Gasteiger partial charge in [0.15, 0.2) is 0 Å². The van der Waals surface area contributed by atoms with Crippen molar-refractivity contribution >= 4 is 22.6 Å². The Labute approximate surface area is 92.6 Å². The smallest absolute Gasteiger partial charge is 0.0616 e. The maximum atomic E-state index is 5.83. The Bertz CT molecular complexity index is 248. The van der Waals surface area contributed by atoms with Crippen LogP contribution in [0.25, 0.3) is 0 Å². The van der Waals surface area contributed by atoms with Gasteiger partial charge in [0.2, 0.25) is 0 Å². The first-order valence-corrected chi connectivity index (χ1v) is 5.29. The molecule has 0 heterocycles. The van der Waals surface area contributed by atoms with E-state index in [4.69, 9.17) is 10.5 Å². The summed E-state index contributed by atoms with van der Waals surface area (Å²) in [5.74, 6) is 0. The predicted octanol–water partition coefficient (Wildman–Crippen LogP) is 1.81. The fraction of sp³-hybridized carbons (Fsp3) is 0.400. The number of rotatable bonds is 4. The highest BCUT2D eigenvalue weighted by Gasteiger charge is 2.02. The minimum absolute atomic E-state index is 0.102. The zero-order valence-corrected chi connectivity index (χ0v) is 9.82. The minimum Gasteiger partial charge on any atom is -0.383 e. The molecule has 0 aliphatic rings. The molecule has 1 atom stereocenters. The highest BCUT2D eigenvalue weighted by atomic mass is 127. The lowest BCUT2D eigenvalue weighted by atomic mass is 10.1. The maximum Gasteiger partial charge on any atom is 0.0616 e.